The van der Waals surface area contributed by atoms with E-state index in [2.05, 4.69) is 20.6 Å². The summed E-state index contributed by atoms with van der Waals surface area (Å²) in [5.41, 5.74) is 3.58. The number of carbonyl (C=O) groups is 1. The van der Waals surface area contributed by atoms with Crippen molar-refractivity contribution < 1.29 is 18.4 Å². The van der Waals surface area contributed by atoms with Crippen molar-refractivity contribution in [3.63, 3.8) is 0 Å². The van der Waals surface area contributed by atoms with Crippen molar-refractivity contribution in [3.8, 4) is 11.3 Å². The molecule has 0 radical (unpaired) electrons. The molecule has 1 aromatic heterocycles. The van der Waals surface area contributed by atoms with Crippen LogP contribution in [0.3, 0.4) is 0 Å². The van der Waals surface area contributed by atoms with E-state index < -0.39 is 5.82 Å². The van der Waals surface area contributed by atoms with Crippen LogP contribution >= 0.6 is 0 Å². The maximum Gasteiger partial charge on any atom is 0.299 e. The largest absolute Gasteiger partial charge is 0.423 e. The predicted octanol–water partition coefficient (Wildman–Crippen LogP) is 3.52. The highest BCUT2D eigenvalue weighted by Gasteiger charge is 2.11. The van der Waals surface area contributed by atoms with Crippen LogP contribution in [0.15, 0.2) is 59.1 Å². The van der Waals surface area contributed by atoms with Crippen LogP contribution in [0, 0.1) is 5.82 Å². The van der Waals surface area contributed by atoms with E-state index >= 15 is 0 Å². The molecule has 0 spiro atoms. The minimum atomic E-state index is -0.407. The van der Waals surface area contributed by atoms with Crippen molar-refractivity contribution in [3.05, 3.63) is 66.1 Å². The number of hydrogen-bond donors (Lipinski definition) is 2. The number of carbonyl (C=O) groups excluding carboxylic acids is 1. The third kappa shape index (κ3) is 3.41. The summed E-state index contributed by atoms with van der Waals surface area (Å²) >= 11 is 0. The molecule has 3 rings (SSSR count). The lowest BCUT2D eigenvalue weighted by Gasteiger charge is -2.04. The number of rotatable bonds is 5. The first kappa shape index (κ1) is 15.7. The highest BCUT2D eigenvalue weighted by atomic mass is 19.1. The van der Waals surface area contributed by atoms with Crippen molar-refractivity contribution in [2.24, 2.45) is 0 Å². The molecular formula is C17H14FN3O3. The summed E-state index contributed by atoms with van der Waals surface area (Å²) in [6.45, 7) is 0. The molecule has 6 nitrogen and oxygen atoms in total. The van der Waals surface area contributed by atoms with Crippen LogP contribution in [0.1, 0.15) is 10.4 Å². The Morgan fingerprint density at radius 3 is 2.83 bits per heavy atom. The number of nitrogens with one attached hydrogen (secondary N) is 2. The number of halogens is 1. The number of amides is 1. The molecule has 2 aromatic carbocycles. The first-order chi connectivity index (χ1) is 11.7. The lowest BCUT2D eigenvalue weighted by atomic mass is 10.1. The molecule has 0 fully saturated rings. The fourth-order valence-electron chi connectivity index (χ4n) is 2.11. The van der Waals surface area contributed by atoms with E-state index in [-0.39, 0.29) is 17.6 Å². The maximum absolute atomic E-state index is 13.6. The van der Waals surface area contributed by atoms with E-state index in [0.717, 1.165) is 0 Å². The molecule has 0 saturated heterocycles. The van der Waals surface area contributed by atoms with Crippen molar-refractivity contribution >= 4 is 17.6 Å². The van der Waals surface area contributed by atoms with E-state index in [9.17, 15) is 9.18 Å². The van der Waals surface area contributed by atoms with E-state index in [0.29, 0.717) is 16.9 Å². The Morgan fingerprint density at radius 1 is 1.21 bits per heavy atom. The minimum Gasteiger partial charge on any atom is -0.423 e. The Labute approximate surface area is 137 Å². The maximum atomic E-state index is 13.6. The first-order valence-corrected chi connectivity index (χ1v) is 7.08. The van der Waals surface area contributed by atoms with Gasteiger partial charge in [0, 0.05) is 11.1 Å². The van der Waals surface area contributed by atoms with Crippen LogP contribution in [-0.2, 0) is 4.84 Å². The number of hydroxylamine groups is 1. The lowest BCUT2D eigenvalue weighted by molar-refractivity contribution is 0.0537. The van der Waals surface area contributed by atoms with Gasteiger partial charge < -0.3 is 9.73 Å². The fraction of sp³-hybridized carbons (Fsp3) is 0.0588. The van der Waals surface area contributed by atoms with Crippen molar-refractivity contribution in [1.82, 2.24) is 10.5 Å². The molecule has 0 aliphatic heterocycles. The zero-order valence-corrected chi connectivity index (χ0v) is 12.7. The molecule has 1 amide bonds. The number of oxazole rings is 1. The van der Waals surface area contributed by atoms with Crippen LogP contribution in [0.5, 0.6) is 0 Å². The molecule has 0 aliphatic carbocycles. The first-order valence-electron chi connectivity index (χ1n) is 7.08. The fourth-order valence-corrected chi connectivity index (χ4v) is 2.11. The molecule has 7 heteroatoms. The Morgan fingerprint density at radius 2 is 2.04 bits per heavy atom. The lowest BCUT2D eigenvalue weighted by Crippen LogP contribution is -2.21. The standard InChI is InChI=1S/C17H14FN3O3/c1-23-21-16(22)12-6-4-5-11(9-12)15-10-19-17(24-15)20-14-8-3-2-7-13(14)18/h2-10H,1H3,(H,19,20)(H,21,22). The van der Waals surface area contributed by atoms with Gasteiger partial charge >= 0.3 is 0 Å². The molecule has 2 N–H and O–H groups in total. The van der Waals surface area contributed by atoms with Gasteiger partial charge in [-0.25, -0.2) is 14.9 Å². The van der Waals surface area contributed by atoms with E-state index in [1.54, 1.807) is 42.5 Å². The average Bonchev–Trinajstić information content (AvgIpc) is 3.06. The highest BCUT2D eigenvalue weighted by molar-refractivity contribution is 5.94. The highest BCUT2D eigenvalue weighted by Crippen LogP contribution is 2.26. The zero-order valence-electron chi connectivity index (χ0n) is 12.7. The molecule has 0 saturated carbocycles. The molecule has 1 heterocycles. The Hall–Kier alpha value is -3.19. The van der Waals surface area contributed by atoms with Gasteiger partial charge in [-0.2, -0.15) is 0 Å². The number of benzene rings is 2. The van der Waals surface area contributed by atoms with E-state index in [1.807, 2.05) is 0 Å². The van der Waals surface area contributed by atoms with Crippen LogP contribution in [-0.4, -0.2) is 18.0 Å². The summed E-state index contributed by atoms with van der Waals surface area (Å²) in [5.74, 6) is -0.333. The number of nitrogens with zero attached hydrogens (tertiary/aromatic N) is 1. The molecule has 0 atom stereocenters. The summed E-state index contributed by atoms with van der Waals surface area (Å²) in [6, 6.07) is 13.1. The van der Waals surface area contributed by atoms with Crippen molar-refractivity contribution in [2.75, 3.05) is 12.4 Å². The average molecular weight is 327 g/mol. The molecule has 0 aliphatic rings. The molecule has 122 valence electrons. The normalized spacial score (nSPS) is 10.4. The summed E-state index contributed by atoms with van der Waals surface area (Å²) in [5, 5.41) is 2.77. The van der Waals surface area contributed by atoms with Gasteiger partial charge in [0.1, 0.15) is 5.82 Å². The number of hydrogen-bond acceptors (Lipinski definition) is 5. The number of anilines is 2. The Balaban J connectivity index is 1.82. The summed E-state index contributed by atoms with van der Waals surface area (Å²) in [4.78, 5) is 20.5. The SMILES string of the molecule is CONC(=O)c1cccc(-c2cnc(Nc3ccccc3F)o2)c1. The molecule has 24 heavy (non-hydrogen) atoms. The Bertz CT molecular complexity index is 864. The summed E-state index contributed by atoms with van der Waals surface area (Å²) in [6.07, 6.45) is 1.50. The quantitative estimate of drug-likeness (QED) is 0.701. The second-order valence-electron chi connectivity index (χ2n) is 4.85. The van der Waals surface area contributed by atoms with E-state index in [1.165, 1.54) is 19.4 Å². The van der Waals surface area contributed by atoms with Crippen LogP contribution in [0.2, 0.25) is 0 Å². The second kappa shape index (κ2) is 6.93. The minimum absolute atomic E-state index is 0.154. The van der Waals surface area contributed by atoms with Gasteiger partial charge in [0.05, 0.1) is 19.0 Å². The van der Waals surface area contributed by atoms with Gasteiger partial charge in [-0.05, 0) is 24.3 Å². The molecule has 0 bridgehead atoms. The van der Waals surface area contributed by atoms with Gasteiger partial charge in [-0.1, -0.05) is 24.3 Å². The van der Waals surface area contributed by atoms with Gasteiger partial charge in [0.25, 0.3) is 11.9 Å². The topological polar surface area (TPSA) is 76.4 Å². The van der Waals surface area contributed by atoms with Crippen LogP contribution < -0.4 is 10.8 Å². The smallest absolute Gasteiger partial charge is 0.299 e. The summed E-state index contributed by atoms with van der Waals surface area (Å²) in [7, 11) is 1.36. The van der Waals surface area contributed by atoms with E-state index in [4.69, 9.17) is 4.42 Å². The molecular weight excluding hydrogens is 313 g/mol. The van der Waals surface area contributed by atoms with Gasteiger partial charge in [-0.15, -0.1) is 0 Å². The van der Waals surface area contributed by atoms with Crippen molar-refractivity contribution in [1.29, 1.82) is 0 Å². The Kier molecular flexibility index (Phi) is 4.53. The van der Waals surface area contributed by atoms with Gasteiger partial charge in [0.2, 0.25) is 0 Å². The number of para-hydroxylation sites is 1. The predicted molar refractivity (Wildman–Crippen MR) is 86.1 cm³/mol. The third-order valence-electron chi connectivity index (χ3n) is 3.23. The number of aromatic nitrogens is 1. The summed E-state index contributed by atoms with van der Waals surface area (Å²) < 4.78 is 19.2. The molecule has 0 unspecified atom stereocenters. The van der Waals surface area contributed by atoms with Crippen molar-refractivity contribution in [2.45, 2.75) is 0 Å². The van der Waals surface area contributed by atoms with Gasteiger partial charge in [0.15, 0.2) is 5.76 Å². The zero-order chi connectivity index (χ0) is 16.9. The molecule has 3 aromatic rings. The van der Waals surface area contributed by atoms with Crippen LogP contribution in [0.4, 0.5) is 16.1 Å². The van der Waals surface area contributed by atoms with Gasteiger partial charge in [-0.3, -0.25) is 9.63 Å². The second-order valence-corrected chi connectivity index (χ2v) is 4.85. The van der Waals surface area contributed by atoms with Crippen LogP contribution in [0.25, 0.3) is 11.3 Å². The third-order valence-corrected chi connectivity index (χ3v) is 3.23. The monoisotopic (exact) mass is 327 g/mol.